The van der Waals surface area contributed by atoms with E-state index in [1.54, 1.807) is 12.4 Å². The third-order valence-electron chi connectivity index (χ3n) is 5.26. The number of amides is 1. The molecule has 0 spiro atoms. The van der Waals surface area contributed by atoms with Gasteiger partial charge in [-0.05, 0) is 43.9 Å². The molecule has 3 heterocycles. The fraction of sp³-hybridized carbons (Fsp3) is 0.455. The maximum Gasteiger partial charge on any atom is 0.303 e. The van der Waals surface area contributed by atoms with Crippen LogP contribution in [0.4, 0.5) is 0 Å². The maximum absolute atomic E-state index is 12.5. The highest BCUT2D eigenvalue weighted by atomic mass is 16.5. The Hall–Kier alpha value is -3.16. The first-order chi connectivity index (χ1) is 14.5. The average molecular weight is 412 g/mol. The monoisotopic (exact) mass is 412 g/mol. The van der Waals surface area contributed by atoms with Crippen LogP contribution in [0.3, 0.4) is 0 Å². The fourth-order valence-corrected chi connectivity index (χ4v) is 3.52. The number of nitrogens with zero attached hydrogens (tertiary/aromatic N) is 3. The normalized spacial score (nSPS) is 16.3. The predicted molar refractivity (Wildman–Crippen MR) is 112 cm³/mol. The van der Waals surface area contributed by atoms with Gasteiger partial charge in [-0.15, -0.1) is 0 Å². The number of likely N-dealkylation sites (tertiary alicyclic amines) is 1. The molecule has 1 aliphatic heterocycles. The van der Waals surface area contributed by atoms with E-state index >= 15 is 0 Å². The van der Waals surface area contributed by atoms with Gasteiger partial charge in [0.05, 0.1) is 24.2 Å². The van der Waals surface area contributed by atoms with Crippen molar-refractivity contribution in [1.82, 2.24) is 20.1 Å². The molecule has 2 N–H and O–H groups in total. The number of carbonyl (C=O) groups is 2. The van der Waals surface area contributed by atoms with E-state index in [0.29, 0.717) is 38.2 Å². The molecule has 0 aromatic carbocycles. The second-order valence-electron chi connectivity index (χ2n) is 7.65. The van der Waals surface area contributed by atoms with E-state index in [1.165, 1.54) is 0 Å². The maximum atomic E-state index is 12.5. The summed E-state index contributed by atoms with van der Waals surface area (Å²) in [7, 11) is 0. The van der Waals surface area contributed by atoms with E-state index in [9.17, 15) is 9.59 Å². The minimum atomic E-state index is -0.840. The van der Waals surface area contributed by atoms with Crippen LogP contribution in [0.5, 0.6) is 5.75 Å². The molecule has 8 nitrogen and oxygen atoms in total. The summed E-state index contributed by atoms with van der Waals surface area (Å²) in [5.74, 6) is 0.246. The van der Waals surface area contributed by atoms with Crippen molar-refractivity contribution < 1.29 is 19.4 Å². The lowest BCUT2D eigenvalue weighted by atomic mass is 9.98. The summed E-state index contributed by atoms with van der Waals surface area (Å²) in [6.45, 7) is 5.86. The molecule has 3 rings (SSSR count). The van der Waals surface area contributed by atoms with Crippen molar-refractivity contribution in [2.45, 2.75) is 38.5 Å². The van der Waals surface area contributed by atoms with E-state index in [0.717, 1.165) is 36.3 Å². The summed E-state index contributed by atoms with van der Waals surface area (Å²) in [4.78, 5) is 29.4. The molecule has 1 saturated heterocycles. The van der Waals surface area contributed by atoms with Gasteiger partial charge in [-0.3, -0.25) is 19.7 Å². The number of pyridine rings is 1. The molecule has 0 bridgehead atoms. The number of carboxylic acids is 1. The highest BCUT2D eigenvalue weighted by Crippen LogP contribution is 2.22. The number of allylic oxidation sites excluding steroid dienone is 1. The van der Waals surface area contributed by atoms with Crippen molar-refractivity contribution in [3.63, 3.8) is 0 Å². The minimum absolute atomic E-state index is 0.0634. The summed E-state index contributed by atoms with van der Waals surface area (Å²) in [5.41, 5.74) is 2.47. The lowest BCUT2D eigenvalue weighted by Crippen LogP contribution is -2.41. The van der Waals surface area contributed by atoms with Crippen LogP contribution in [-0.4, -0.2) is 56.8 Å². The van der Waals surface area contributed by atoms with Gasteiger partial charge in [0.1, 0.15) is 5.75 Å². The summed E-state index contributed by atoms with van der Waals surface area (Å²) in [6, 6.07) is 5.63. The molecule has 1 aliphatic rings. The third kappa shape index (κ3) is 6.43. The Morgan fingerprint density at radius 2 is 2.07 bits per heavy atom. The Balaban J connectivity index is 1.41. The largest absolute Gasteiger partial charge is 0.492 e. The summed E-state index contributed by atoms with van der Waals surface area (Å²) >= 11 is 0. The van der Waals surface area contributed by atoms with E-state index in [2.05, 4.69) is 21.8 Å². The highest BCUT2D eigenvalue weighted by Gasteiger charge is 2.24. The van der Waals surface area contributed by atoms with E-state index in [4.69, 9.17) is 9.84 Å². The van der Waals surface area contributed by atoms with Crippen LogP contribution in [0.25, 0.3) is 11.4 Å². The SMILES string of the molecule is C=C(CCC(=O)O)CCC(=O)N1CCC[C@@H](COc2ccc(-c3ccn[nH]3)nc2)C1. The Bertz CT molecular complexity index is 849. The first kappa shape index (κ1) is 21.5. The highest BCUT2D eigenvalue weighted by molar-refractivity contribution is 5.76. The number of ether oxygens (including phenoxy) is 1. The number of H-pyrrole nitrogens is 1. The number of aliphatic carboxylic acids is 1. The van der Waals surface area contributed by atoms with Crippen molar-refractivity contribution in [3.8, 4) is 17.1 Å². The molecule has 1 amide bonds. The molecule has 0 unspecified atom stereocenters. The number of aromatic nitrogens is 3. The van der Waals surface area contributed by atoms with Crippen LogP contribution in [0.2, 0.25) is 0 Å². The van der Waals surface area contributed by atoms with Crippen molar-refractivity contribution in [3.05, 3.63) is 42.7 Å². The molecular weight excluding hydrogens is 384 g/mol. The number of carboxylic acid groups (broad SMARTS) is 1. The number of hydrogen-bond donors (Lipinski definition) is 2. The molecule has 2 aromatic rings. The molecule has 160 valence electrons. The second-order valence-corrected chi connectivity index (χ2v) is 7.65. The standard InChI is InChI=1S/C22H28N4O4/c1-16(5-9-22(28)29)4-8-21(27)26-12-2-3-17(14-26)15-30-18-6-7-19(23-13-18)20-10-11-24-25-20/h6-7,10-11,13,17H,1-5,8-9,12,14-15H2,(H,24,25)(H,28,29)/t17-/m1/s1. The zero-order chi connectivity index (χ0) is 21.3. The van der Waals surface area contributed by atoms with Gasteiger partial charge < -0.3 is 14.7 Å². The van der Waals surface area contributed by atoms with Crippen molar-refractivity contribution in [2.75, 3.05) is 19.7 Å². The second kappa shape index (κ2) is 10.6. The first-order valence-electron chi connectivity index (χ1n) is 10.3. The zero-order valence-electron chi connectivity index (χ0n) is 17.0. The summed E-state index contributed by atoms with van der Waals surface area (Å²) < 4.78 is 5.90. The van der Waals surface area contributed by atoms with Crippen molar-refractivity contribution >= 4 is 11.9 Å². The Kier molecular flexibility index (Phi) is 7.59. The Morgan fingerprint density at radius 1 is 1.23 bits per heavy atom. The molecule has 0 radical (unpaired) electrons. The van der Waals surface area contributed by atoms with Gasteiger partial charge in [0.15, 0.2) is 0 Å². The molecule has 0 saturated carbocycles. The molecule has 8 heteroatoms. The van der Waals surface area contributed by atoms with Gasteiger partial charge in [0.2, 0.25) is 5.91 Å². The van der Waals surface area contributed by atoms with Crippen molar-refractivity contribution in [1.29, 1.82) is 0 Å². The number of aromatic amines is 1. The van der Waals surface area contributed by atoms with Crippen LogP contribution in [-0.2, 0) is 9.59 Å². The van der Waals surface area contributed by atoms with E-state index in [1.807, 2.05) is 23.1 Å². The minimum Gasteiger partial charge on any atom is -0.492 e. The lowest BCUT2D eigenvalue weighted by Gasteiger charge is -2.32. The van der Waals surface area contributed by atoms with Crippen LogP contribution >= 0.6 is 0 Å². The molecule has 0 aliphatic carbocycles. The lowest BCUT2D eigenvalue weighted by molar-refractivity contribution is -0.137. The molecule has 1 atom stereocenters. The van der Waals surface area contributed by atoms with Gasteiger partial charge in [-0.25, -0.2) is 0 Å². The quantitative estimate of drug-likeness (QED) is 0.580. The smallest absolute Gasteiger partial charge is 0.303 e. The topological polar surface area (TPSA) is 108 Å². The molecule has 1 fully saturated rings. The summed E-state index contributed by atoms with van der Waals surface area (Å²) in [6.07, 6.45) is 6.77. The van der Waals surface area contributed by atoms with Gasteiger partial charge in [-0.2, -0.15) is 5.10 Å². The van der Waals surface area contributed by atoms with E-state index < -0.39 is 5.97 Å². The number of rotatable bonds is 10. The molecule has 2 aromatic heterocycles. The van der Waals surface area contributed by atoms with Crippen LogP contribution in [0, 0.1) is 5.92 Å². The number of carbonyl (C=O) groups excluding carboxylic acids is 1. The average Bonchev–Trinajstić information content (AvgIpc) is 3.30. The number of piperidine rings is 1. The molecule has 30 heavy (non-hydrogen) atoms. The fourth-order valence-electron chi connectivity index (χ4n) is 3.52. The van der Waals surface area contributed by atoms with Crippen molar-refractivity contribution in [2.24, 2.45) is 5.92 Å². The van der Waals surface area contributed by atoms with Gasteiger partial charge >= 0.3 is 5.97 Å². The predicted octanol–water partition coefficient (Wildman–Crippen LogP) is 3.29. The Labute approximate surface area is 176 Å². The third-order valence-corrected chi connectivity index (χ3v) is 5.26. The van der Waals surface area contributed by atoms with Crippen LogP contribution in [0.15, 0.2) is 42.7 Å². The van der Waals surface area contributed by atoms with Gasteiger partial charge in [0.25, 0.3) is 0 Å². The molecular formula is C22H28N4O4. The van der Waals surface area contributed by atoms with Crippen LogP contribution in [0.1, 0.15) is 38.5 Å². The van der Waals surface area contributed by atoms with Gasteiger partial charge in [0, 0.05) is 38.0 Å². The Morgan fingerprint density at radius 3 is 2.77 bits per heavy atom. The zero-order valence-corrected chi connectivity index (χ0v) is 17.0. The van der Waals surface area contributed by atoms with Crippen LogP contribution < -0.4 is 4.74 Å². The van der Waals surface area contributed by atoms with E-state index in [-0.39, 0.29) is 18.2 Å². The van der Waals surface area contributed by atoms with Gasteiger partial charge in [-0.1, -0.05) is 12.2 Å². The summed E-state index contributed by atoms with van der Waals surface area (Å²) in [5, 5.41) is 15.5. The number of hydrogen-bond acceptors (Lipinski definition) is 5. The first-order valence-corrected chi connectivity index (χ1v) is 10.3. The number of nitrogens with one attached hydrogen (secondary N) is 1.